The number of nitrogens with zero attached hydrogens (tertiary/aromatic N) is 4. The molecule has 0 spiro atoms. The van der Waals surface area contributed by atoms with Gasteiger partial charge in [-0.15, -0.1) is 5.10 Å². The predicted octanol–water partition coefficient (Wildman–Crippen LogP) is 4.05. The van der Waals surface area contributed by atoms with E-state index in [2.05, 4.69) is 15.6 Å². The molecule has 37 heavy (non-hydrogen) atoms. The summed E-state index contributed by atoms with van der Waals surface area (Å²) in [5, 5.41) is 11.1. The summed E-state index contributed by atoms with van der Waals surface area (Å²) in [5.41, 5.74) is 3.34. The third kappa shape index (κ3) is 4.12. The molecule has 4 aromatic rings. The second-order valence-corrected chi connectivity index (χ2v) is 8.56. The number of amides is 1. The van der Waals surface area contributed by atoms with Gasteiger partial charge in [0.1, 0.15) is 25.0 Å². The Morgan fingerprint density at radius 1 is 1.08 bits per heavy atom. The number of carbonyl (C=O) groups excluding carboxylic acids is 1. The molecule has 10 heteroatoms. The second-order valence-electron chi connectivity index (χ2n) is 8.56. The molecular formula is C27H24N6O4. The molecular weight excluding hydrogens is 472 g/mol. The fourth-order valence-electron chi connectivity index (χ4n) is 4.54. The summed E-state index contributed by atoms with van der Waals surface area (Å²) in [5.74, 6) is 2.61. The molecule has 0 radical (unpaired) electrons. The Bertz CT molecular complexity index is 1510. The van der Waals surface area contributed by atoms with Crippen LogP contribution in [-0.4, -0.2) is 46.0 Å². The molecule has 0 saturated carbocycles. The molecule has 1 atom stereocenters. The fourth-order valence-corrected chi connectivity index (χ4v) is 4.54. The number of ether oxygens (including phenoxy) is 3. The van der Waals surface area contributed by atoms with Gasteiger partial charge >= 0.3 is 0 Å². The number of benzene rings is 2. The van der Waals surface area contributed by atoms with E-state index in [4.69, 9.17) is 24.3 Å². The molecule has 1 amide bonds. The zero-order valence-electron chi connectivity index (χ0n) is 20.3. The van der Waals surface area contributed by atoms with Crippen LogP contribution in [0.15, 0.2) is 78.3 Å². The summed E-state index contributed by atoms with van der Waals surface area (Å²) in [4.78, 5) is 22.6. The number of rotatable bonds is 5. The highest BCUT2D eigenvalue weighted by atomic mass is 16.6. The molecule has 186 valence electrons. The first-order valence-electron chi connectivity index (χ1n) is 11.8. The minimum atomic E-state index is -0.579. The lowest BCUT2D eigenvalue weighted by atomic mass is 9.94. The molecule has 2 aliphatic rings. The van der Waals surface area contributed by atoms with Gasteiger partial charge in [-0.3, -0.25) is 9.78 Å². The molecule has 2 aliphatic heterocycles. The van der Waals surface area contributed by atoms with E-state index in [1.807, 2.05) is 49.4 Å². The third-order valence-electron chi connectivity index (χ3n) is 6.27. The van der Waals surface area contributed by atoms with Gasteiger partial charge in [0.05, 0.1) is 18.4 Å². The summed E-state index contributed by atoms with van der Waals surface area (Å²) in [6.45, 7) is 2.81. The highest BCUT2D eigenvalue weighted by molar-refractivity contribution is 6.06. The van der Waals surface area contributed by atoms with Crippen molar-refractivity contribution in [3.8, 4) is 28.6 Å². The van der Waals surface area contributed by atoms with Crippen molar-refractivity contribution in [1.82, 2.24) is 19.7 Å². The lowest BCUT2D eigenvalue weighted by Crippen LogP contribution is -2.31. The number of nitrogens with one attached hydrogen (secondary N) is 2. The van der Waals surface area contributed by atoms with Crippen LogP contribution in [0.1, 0.15) is 18.5 Å². The van der Waals surface area contributed by atoms with E-state index in [0.717, 1.165) is 11.1 Å². The summed E-state index contributed by atoms with van der Waals surface area (Å²) >= 11 is 0. The van der Waals surface area contributed by atoms with Gasteiger partial charge in [-0.1, -0.05) is 18.2 Å². The molecule has 0 aliphatic carbocycles. The molecule has 4 heterocycles. The Labute approximate surface area is 212 Å². The maximum Gasteiger partial charge on any atom is 0.255 e. The van der Waals surface area contributed by atoms with Gasteiger partial charge in [0.2, 0.25) is 5.95 Å². The van der Waals surface area contributed by atoms with E-state index in [0.29, 0.717) is 59.2 Å². The van der Waals surface area contributed by atoms with Crippen molar-refractivity contribution in [2.75, 3.05) is 31.0 Å². The average molecular weight is 497 g/mol. The van der Waals surface area contributed by atoms with Crippen LogP contribution in [0.5, 0.6) is 17.2 Å². The number of carbonyl (C=O) groups is 1. The molecule has 2 aromatic carbocycles. The molecule has 2 N–H and O–H groups in total. The van der Waals surface area contributed by atoms with Crippen LogP contribution in [0, 0.1) is 0 Å². The number of methoxy groups -OCH3 is 1. The molecule has 2 aromatic heterocycles. The lowest BCUT2D eigenvalue weighted by molar-refractivity contribution is -0.113. The SMILES string of the molecule is COc1ccccc1NC(=O)C1=C(C)Nc2nc(-c3ccncc3)nn2C1c1ccc2c(c1)OCCO2. The van der Waals surface area contributed by atoms with Crippen molar-refractivity contribution in [2.24, 2.45) is 0 Å². The van der Waals surface area contributed by atoms with Crippen LogP contribution in [-0.2, 0) is 4.79 Å². The van der Waals surface area contributed by atoms with E-state index >= 15 is 0 Å². The Morgan fingerprint density at radius 2 is 1.86 bits per heavy atom. The maximum atomic E-state index is 13.8. The number of allylic oxidation sites excluding steroid dienone is 1. The van der Waals surface area contributed by atoms with Crippen LogP contribution >= 0.6 is 0 Å². The number of fused-ring (bicyclic) bond motifs is 2. The van der Waals surface area contributed by atoms with Crippen LogP contribution in [0.4, 0.5) is 11.6 Å². The zero-order chi connectivity index (χ0) is 25.4. The Morgan fingerprint density at radius 3 is 2.68 bits per heavy atom. The monoisotopic (exact) mass is 496 g/mol. The third-order valence-corrected chi connectivity index (χ3v) is 6.27. The number of hydrogen-bond donors (Lipinski definition) is 2. The quantitative estimate of drug-likeness (QED) is 0.426. The van der Waals surface area contributed by atoms with Gasteiger partial charge in [-0.25, -0.2) is 4.68 Å². The summed E-state index contributed by atoms with van der Waals surface area (Å²) < 4.78 is 18.7. The molecule has 0 fully saturated rings. The summed E-state index contributed by atoms with van der Waals surface area (Å²) in [6, 6.07) is 16.1. The van der Waals surface area contributed by atoms with Crippen LogP contribution in [0.25, 0.3) is 11.4 Å². The van der Waals surface area contributed by atoms with Crippen LogP contribution < -0.4 is 24.8 Å². The van der Waals surface area contributed by atoms with Crippen LogP contribution in [0.3, 0.4) is 0 Å². The average Bonchev–Trinajstić information content (AvgIpc) is 3.36. The van der Waals surface area contributed by atoms with Crippen LogP contribution in [0.2, 0.25) is 0 Å². The number of aromatic nitrogens is 4. The summed E-state index contributed by atoms with van der Waals surface area (Å²) in [6.07, 6.45) is 3.38. The van der Waals surface area contributed by atoms with E-state index < -0.39 is 6.04 Å². The van der Waals surface area contributed by atoms with Gasteiger partial charge in [0.15, 0.2) is 17.3 Å². The minimum Gasteiger partial charge on any atom is -0.495 e. The Balaban J connectivity index is 1.46. The van der Waals surface area contributed by atoms with Gasteiger partial charge in [-0.2, -0.15) is 4.98 Å². The van der Waals surface area contributed by atoms with Gasteiger partial charge < -0.3 is 24.8 Å². The standard InChI is InChI=1S/C27H24N6O4/c1-16-23(26(34)30-19-5-3-4-6-20(19)35-2)24(18-7-8-21-22(15-18)37-14-13-36-21)33-27(29-16)31-25(32-33)17-9-11-28-12-10-17/h3-12,15,24H,13-14H2,1-2H3,(H,30,34)(H,29,31,32). The van der Waals surface area contributed by atoms with Crippen molar-refractivity contribution >= 4 is 17.5 Å². The van der Waals surface area contributed by atoms with Crippen molar-refractivity contribution in [2.45, 2.75) is 13.0 Å². The molecule has 0 saturated heterocycles. The highest BCUT2D eigenvalue weighted by Crippen LogP contribution is 2.40. The molecule has 10 nitrogen and oxygen atoms in total. The van der Waals surface area contributed by atoms with E-state index in [-0.39, 0.29) is 5.91 Å². The number of para-hydroxylation sites is 2. The second kappa shape index (κ2) is 9.30. The minimum absolute atomic E-state index is 0.291. The number of anilines is 2. The maximum absolute atomic E-state index is 13.8. The first-order chi connectivity index (χ1) is 18.1. The first-order valence-corrected chi connectivity index (χ1v) is 11.8. The Hall–Kier alpha value is -4.86. The van der Waals surface area contributed by atoms with Crippen molar-refractivity contribution < 1.29 is 19.0 Å². The van der Waals surface area contributed by atoms with Crippen molar-refractivity contribution in [3.05, 3.63) is 83.8 Å². The van der Waals surface area contributed by atoms with Crippen molar-refractivity contribution in [3.63, 3.8) is 0 Å². The number of pyridine rings is 1. The summed E-state index contributed by atoms with van der Waals surface area (Å²) in [7, 11) is 1.57. The van der Waals surface area contributed by atoms with Gasteiger partial charge in [0, 0.05) is 23.7 Å². The van der Waals surface area contributed by atoms with Crippen molar-refractivity contribution in [1.29, 1.82) is 0 Å². The topological polar surface area (TPSA) is 112 Å². The number of hydrogen-bond acceptors (Lipinski definition) is 8. The lowest BCUT2D eigenvalue weighted by Gasteiger charge is -2.29. The first kappa shape index (κ1) is 22.6. The fraction of sp³-hybridized carbons (Fsp3) is 0.185. The molecule has 1 unspecified atom stereocenters. The predicted molar refractivity (Wildman–Crippen MR) is 137 cm³/mol. The molecule has 6 rings (SSSR count). The van der Waals surface area contributed by atoms with E-state index in [1.54, 1.807) is 36.3 Å². The van der Waals surface area contributed by atoms with E-state index in [1.165, 1.54) is 0 Å². The van der Waals surface area contributed by atoms with E-state index in [9.17, 15) is 4.79 Å². The zero-order valence-corrected chi connectivity index (χ0v) is 20.3. The highest BCUT2D eigenvalue weighted by Gasteiger charge is 2.35. The Kier molecular flexibility index (Phi) is 5.68. The largest absolute Gasteiger partial charge is 0.495 e. The van der Waals surface area contributed by atoms with Gasteiger partial charge in [0.25, 0.3) is 5.91 Å². The smallest absolute Gasteiger partial charge is 0.255 e. The molecule has 0 bridgehead atoms. The van der Waals surface area contributed by atoms with Gasteiger partial charge in [-0.05, 0) is 48.9 Å². The normalized spacial score (nSPS) is 16.0.